The Kier molecular flexibility index (Phi) is 12.2. The molecule has 0 aromatic heterocycles. The van der Waals surface area contributed by atoms with Gasteiger partial charge in [-0.3, -0.25) is 14.7 Å². The normalized spacial score (nSPS) is 20.9. The molecule has 2 atom stereocenters. The van der Waals surface area contributed by atoms with Gasteiger partial charge in [0, 0.05) is 46.2 Å². The summed E-state index contributed by atoms with van der Waals surface area (Å²) in [4.78, 5) is 15.7. The van der Waals surface area contributed by atoms with Crippen molar-refractivity contribution in [2.24, 2.45) is 11.3 Å². The fraction of sp³-hybridized carbons (Fsp3) is 0.645. The first kappa shape index (κ1) is 30.9. The van der Waals surface area contributed by atoms with Crippen molar-refractivity contribution < 1.29 is 9.53 Å². The largest absolute Gasteiger partial charge is 0.445 e. The highest BCUT2D eigenvalue weighted by Crippen LogP contribution is 2.36. The highest BCUT2D eigenvalue weighted by atomic mass is 16.5. The Balaban J connectivity index is 2.07. The van der Waals surface area contributed by atoms with Crippen LogP contribution in [0.1, 0.15) is 74.7 Å². The standard InChI is InChI=1S/C31H52N4O2/c1-10-18-35-30(22-29(32-35)27-14-13-15-28(21-27)31(6,7)8)37-24(4)16-17-26(11-2)23-34(12-3)20-19-33(9)25(5)36/h13-17,22,28-29,32H,10-12,18-21,23H2,1-9H3/b24-16+,26-17+. The summed E-state index contributed by atoms with van der Waals surface area (Å²) in [5.41, 5.74) is 6.68. The van der Waals surface area contributed by atoms with E-state index in [-0.39, 0.29) is 17.4 Å². The lowest BCUT2D eigenvalue weighted by Gasteiger charge is -2.32. The molecule has 1 aliphatic heterocycles. The van der Waals surface area contributed by atoms with Crippen LogP contribution in [0.15, 0.2) is 59.2 Å². The van der Waals surface area contributed by atoms with Crippen LogP contribution in [0.3, 0.4) is 0 Å². The van der Waals surface area contributed by atoms with E-state index in [2.05, 4.69) is 93.3 Å². The van der Waals surface area contributed by atoms with Crippen molar-refractivity contribution in [2.45, 2.75) is 80.7 Å². The van der Waals surface area contributed by atoms with E-state index in [1.54, 1.807) is 11.8 Å². The predicted octanol–water partition coefficient (Wildman–Crippen LogP) is 6.03. The lowest BCUT2D eigenvalue weighted by molar-refractivity contribution is -0.127. The number of likely N-dealkylation sites (N-methyl/N-ethyl adjacent to an activating group) is 2. The van der Waals surface area contributed by atoms with Crippen LogP contribution >= 0.6 is 0 Å². The van der Waals surface area contributed by atoms with Crippen LogP contribution in [0.25, 0.3) is 0 Å². The molecule has 0 aromatic rings. The summed E-state index contributed by atoms with van der Waals surface area (Å²) in [6, 6.07) is 0.164. The van der Waals surface area contributed by atoms with Crippen molar-refractivity contribution in [3.63, 3.8) is 0 Å². The number of hydrazine groups is 1. The molecule has 37 heavy (non-hydrogen) atoms. The van der Waals surface area contributed by atoms with Gasteiger partial charge in [0.2, 0.25) is 11.8 Å². The van der Waals surface area contributed by atoms with Crippen LogP contribution in [-0.4, -0.2) is 66.5 Å². The number of rotatable bonds is 13. The summed E-state index contributed by atoms with van der Waals surface area (Å²) in [7, 11) is 1.86. The predicted molar refractivity (Wildman–Crippen MR) is 155 cm³/mol. The molecular weight excluding hydrogens is 460 g/mol. The molecule has 0 fully saturated rings. The van der Waals surface area contributed by atoms with Gasteiger partial charge in [-0.15, -0.1) is 0 Å². The van der Waals surface area contributed by atoms with Gasteiger partial charge in [0.25, 0.3) is 0 Å². The smallest absolute Gasteiger partial charge is 0.219 e. The average molecular weight is 513 g/mol. The number of amides is 1. The van der Waals surface area contributed by atoms with Crippen LogP contribution in [0.2, 0.25) is 0 Å². The molecule has 0 saturated heterocycles. The van der Waals surface area contributed by atoms with Crippen LogP contribution in [0.5, 0.6) is 0 Å². The Bertz CT molecular complexity index is 907. The van der Waals surface area contributed by atoms with Crippen molar-refractivity contribution in [1.29, 1.82) is 0 Å². The zero-order chi connectivity index (χ0) is 27.6. The highest BCUT2D eigenvalue weighted by Gasteiger charge is 2.31. The summed E-state index contributed by atoms with van der Waals surface area (Å²) in [6.45, 7) is 21.5. The molecule has 0 bridgehead atoms. The number of nitrogens with one attached hydrogen (secondary N) is 1. The van der Waals surface area contributed by atoms with E-state index in [9.17, 15) is 4.79 Å². The minimum Gasteiger partial charge on any atom is -0.445 e. The summed E-state index contributed by atoms with van der Waals surface area (Å²) in [5.74, 6) is 2.41. The van der Waals surface area contributed by atoms with Gasteiger partial charge in [-0.25, -0.2) is 5.43 Å². The van der Waals surface area contributed by atoms with Crippen LogP contribution < -0.4 is 5.43 Å². The summed E-state index contributed by atoms with van der Waals surface area (Å²) >= 11 is 0. The molecule has 0 aromatic carbocycles. The van der Waals surface area contributed by atoms with E-state index < -0.39 is 0 Å². The highest BCUT2D eigenvalue weighted by molar-refractivity contribution is 5.72. The Morgan fingerprint density at radius 1 is 1.19 bits per heavy atom. The minimum absolute atomic E-state index is 0.110. The third kappa shape index (κ3) is 9.82. The fourth-order valence-electron chi connectivity index (χ4n) is 4.51. The second kappa shape index (κ2) is 14.6. The van der Waals surface area contributed by atoms with E-state index >= 15 is 0 Å². The number of hydrogen-bond acceptors (Lipinski definition) is 5. The molecule has 2 unspecified atom stereocenters. The van der Waals surface area contributed by atoms with Gasteiger partial charge in [-0.2, -0.15) is 0 Å². The van der Waals surface area contributed by atoms with Gasteiger partial charge < -0.3 is 9.64 Å². The van der Waals surface area contributed by atoms with E-state index in [0.29, 0.717) is 5.92 Å². The molecule has 0 spiro atoms. The van der Waals surface area contributed by atoms with Gasteiger partial charge in [0.05, 0.1) is 6.04 Å². The first-order chi connectivity index (χ1) is 17.5. The first-order valence-corrected chi connectivity index (χ1v) is 14.1. The molecule has 2 aliphatic rings. The number of carbonyl (C=O) groups is 1. The van der Waals surface area contributed by atoms with Gasteiger partial charge in [-0.1, -0.05) is 71.4 Å². The number of nitrogens with zero attached hydrogens (tertiary/aromatic N) is 3. The Labute approximate surface area is 226 Å². The maximum absolute atomic E-state index is 11.5. The molecule has 208 valence electrons. The zero-order valence-corrected chi connectivity index (χ0v) is 24.9. The molecule has 1 amide bonds. The van der Waals surface area contributed by atoms with Crippen LogP contribution in [0.4, 0.5) is 0 Å². The van der Waals surface area contributed by atoms with Crippen molar-refractivity contribution >= 4 is 5.91 Å². The Morgan fingerprint density at radius 3 is 2.51 bits per heavy atom. The lowest BCUT2D eigenvalue weighted by atomic mass is 9.74. The fourth-order valence-corrected chi connectivity index (χ4v) is 4.51. The molecule has 1 N–H and O–H groups in total. The Morgan fingerprint density at radius 2 is 1.92 bits per heavy atom. The number of hydrogen-bond donors (Lipinski definition) is 1. The quantitative estimate of drug-likeness (QED) is 0.241. The molecule has 0 saturated carbocycles. The monoisotopic (exact) mass is 512 g/mol. The topological polar surface area (TPSA) is 48.1 Å². The van der Waals surface area contributed by atoms with Gasteiger partial charge in [0.1, 0.15) is 5.76 Å². The lowest BCUT2D eigenvalue weighted by Crippen LogP contribution is -2.39. The third-order valence-electron chi connectivity index (χ3n) is 7.38. The number of ether oxygens (including phenoxy) is 1. The molecule has 2 rings (SSSR count). The molecule has 1 heterocycles. The van der Waals surface area contributed by atoms with E-state index in [1.807, 2.05) is 14.0 Å². The van der Waals surface area contributed by atoms with Crippen molar-refractivity contribution in [3.8, 4) is 0 Å². The maximum Gasteiger partial charge on any atom is 0.219 e. The second-order valence-corrected chi connectivity index (χ2v) is 11.4. The molecule has 1 aliphatic carbocycles. The van der Waals surface area contributed by atoms with Crippen LogP contribution in [0, 0.1) is 11.3 Å². The maximum atomic E-state index is 11.5. The summed E-state index contributed by atoms with van der Waals surface area (Å²) in [5, 5.41) is 2.15. The van der Waals surface area contributed by atoms with Gasteiger partial charge in [0.15, 0.2) is 0 Å². The van der Waals surface area contributed by atoms with Gasteiger partial charge >= 0.3 is 0 Å². The molecule has 0 radical (unpaired) electrons. The molecule has 6 heteroatoms. The van der Waals surface area contributed by atoms with Gasteiger partial charge in [-0.05, 0) is 55.7 Å². The second-order valence-electron chi connectivity index (χ2n) is 11.4. The summed E-state index contributed by atoms with van der Waals surface area (Å²) in [6.07, 6.45) is 16.4. The first-order valence-electron chi connectivity index (χ1n) is 14.1. The van der Waals surface area contributed by atoms with E-state index in [0.717, 1.165) is 63.6 Å². The SMILES string of the molecule is CCCN1NC(C2=CC=CC(C(C)(C)C)C2)C=C1O/C(C)=C/C=C(\CC)CN(CC)CCN(C)C(C)=O. The van der Waals surface area contributed by atoms with Crippen molar-refractivity contribution in [2.75, 3.05) is 39.8 Å². The molecular formula is C31H52N4O2. The minimum atomic E-state index is 0.110. The van der Waals surface area contributed by atoms with E-state index in [1.165, 1.54) is 11.1 Å². The summed E-state index contributed by atoms with van der Waals surface area (Å²) < 4.78 is 6.36. The van der Waals surface area contributed by atoms with Crippen molar-refractivity contribution in [3.05, 3.63) is 59.2 Å². The van der Waals surface area contributed by atoms with Crippen LogP contribution in [-0.2, 0) is 9.53 Å². The number of allylic oxidation sites excluding steroid dienone is 6. The average Bonchev–Trinajstić information content (AvgIpc) is 3.25. The zero-order valence-electron chi connectivity index (χ0n) is 24.9. The van der Waals surface area contributed by atoms with Crippen molar-refractivity contribution in [1.82, 2.24) is 20.2 Å². The third-order valence-corrected chi connectivity index (χ3v) is 7.38. The number of carbonyl (C=O) groups excluding carboxylic acids is 1. The van der Waals surface area contributed by atoms with E-state index in [4.69, 9.17) is 4.74 Å². The Hall–Kier alpha value is -2.31. The molecule has 6 nitrogen and oxygen atoms in total.